The van der Waals surface area contributed by atoms with Crippen molar-refractivity contribution in [3.63, 3.8) is 0 Å². The van der Waals surface area contributed by atoms with Gasteiger partial charge in [0.05, 0.1) is 0 Å². The summed E-state index contributed by atoms with van der Waals surface area (Å²) in [6.07, 6.45) is 19.2. The van der Waals surface area contributed by atoms with Crippen LogP contribution in [-0.2, 0) is 9.22 Å². The molecule has 0 unspecified atom stereocenters. The lowest BCUT2D eigenvalue weighted by Crippen LogP contribution is -2.49. The Morgan fingerprint density at radius 2 is 1.11 bits per heavy atom. The van der Waals surface area contributed by atoms with Gasteiger partial charge in [0.25, 0.3) is 14.3 Å². The largest absolute Gasteiger partial charge is 0.518 e. The fraction of sp³-hybridized carbons (Fsp3) is 0.875. The molecule has 0 aliphatic heterocycles. The molecule has 0 bridgehead atoms. The van der Waals surface area contributed by atoms with Gasteiger partial charge in [-0.05, 0) is 29.5 Å². The van der Waals surface area contributed by atoms with E-state index in [1.807, 2.05) is 0 Å². The van der Waals surface area contributed by atoms with Crippen molar-refractivity contribution < 1.29 is 9.22 Å². The third-order valence-electron chi connectivity index (χ3n) is 5.95. The second-order valence-electron chi connectivity index (χ2n) is 9.03. The monoisotopic (exact) mass is 394 g/mol. The minimum absolute atomic E-state index is 0.0461. The van der Waals surface area contributed by atoms with E-state index in [-0.39, 0.29) is 5.97 Å². The van der Waals surface area contributed by atoms with Crippen LogP contribution in [0.5, 0.6) is 0 Å². The van der Waals surface area contributed by atoms with Gasteiger partial charge in [-0.1, -0.05) is 92.9 Å². The van der Waals surface area contributed by atoms with Crippen molar-refractivity contribution >= 4 is 14.3 Å². The third-order valence-corrected chi connectivity index (χ3v) is 11.9. The van der Waals surface area contributed by atoms with Crippen molar-refractivity contribution in [2.24, 2.45) is 0 Å². The number of carbonyl (C=O) groups excluding carboxylic acids is 1. The number of carbonyl (C=O) groups is 1. The van der Waals surface area contributed by atoms with E-state index in [1.54, 1.807) is 0 Å². The zero-order chi connectivity index (χ0) is 20.7. The average molecular weight is 395 g/mol. The van der Waals surface area contributed by atoms with E-state index in [0.29, 0.717) is 23.0 Å². The molecule has 0 fully saturated rings. The van der Waals surface area contributed by atoms with Crippen LogP contribution in [0, 0.1) is 12.3 Å². The standard InChI is InChI=1S/C24H46O2Si/c1-8-9-10-11-12-13-14-15-16-17-18-19-20-24(25)26-27(21(2)3,22(4)5)23(6)7/h1,21-23H,9-20H2,2-7H3. The molecule has 0 atom stereocenters. The molecule has 0 radical (unpaired) electrons. The highest BCUT2D eigenvalue weighted by Gasteiger charge is 2.47. The number of terminal acetylenes is 1. The van der Waals surface area contributed by atoms with Crippen LogP contribution in [0.2, 0.25) is 16.6 Å². The van der Waals surface area contributed by atoms with E-state index in [0.717, 1.165) is 19.3 Å². The molecule has 0 N–H and O–H groups in total. The molecule has 0 aromatic carbocycles. The minimum Gasteiger partial charge on any atom is -0.518 e. The highest BCUT2D eigenvalue weighted by atomic mass is 28.4. The first kappa shape index (κ1) is 26.2. The fourth-order valence-electron chi connectivity index (χ4n) is 4.51. The van der Waals surface area contributed by atoms with Crippen LogP contribution < -0.4 is 0 Å². The zero-order valence-electron chi connectivity index (χ0n) is 19.1. The molecular formula is C24H46O2Si. The van der Waals surface area contributed by atoms with Gasteiger partial charge < -0.3 is 4.43 Å². The van der Waals surface area contributed by atoms with Crippen molar-refractivity contribution in [2.45, 2.75) is 135 Å². The minimum atomic E-state index is -2.05. The van der Waals surface area contributed by atoms with Crippen LogP contribution in [0.1, 0.15) is 119 Å². The molecule has 0 aliphatic carbocycles. The molecule has 0 aromatic heterocycles. The predicted octanol–water partition coefficient (Wildman–Crippen LogP) is 8.02. The van der Waals surface area contributed by atoms with Crippen molar-refractivity contribution in [3.8, 4) is 12.3 Å². The molecule has 2 nitrogen and oxygen atoms in total. The van der Waals surface area contributed by atoms with Gasteiger partial charge in [0.2, 0.25) is 0 Å². The lowest BCUT2D eigenvalue weighted by Gasteiger charge is -2.41. The Bertz CT molecular complexity index is 399. The molecule has 0 aliphatic rings. The van der Waals surface area contributed by atoms with Crippen LogP contribution in [-0.4, -0.2) is 14.3 Å². The zero-order valence-corrected chi connectivity index (χ0v) is 20.1. The second-order valence-corrected chi connectivity index (χ2v) is 14.4. The van der Waals surface area contributed by atoms with Gasteiger partial charge in [-0.3, -0.25) is 4.79 Å². The number of unbranched alkanes of at least 4 members (excludes halogenated alkanes) is 10. The summed E-state index contributed by atoms with van der Waals surface area (Å²) in [5.41, 5.74) is 1.40. The average Bonchev–Trinajstić information content (AvgIpc) is 2.59. The van der Waals surface area contributed by atoms with E-state index in [1.165, 1.54) is 51.4 Å². The Balaban J connectivity index is 3.87. The molecule has 0 saturated heterocycles. The van der Waals surface area contributed by atoms with Crippen molar-refractivity contribution in [1.82, 2.24) is 0 Å². The molecule has 0 heterocycles. The smallest absolute Gasteiger partial charge is 0.292 e. The van der Waals surface area contributed by atoms with Gasteiger partial charge in [0.1, 0.15) is 0 Å². The van der Waals surface area contributed by atoms with Crippen LogP contribution in [0.15, 0.2) is 0 Å². The number of hydrogen-bond acceptors (Lipinski definition) is 2. The SMILES string of the molecule is C#CCCCCCCCCCCCCC(=O)O[Si](C(C)C)(C(C)C)C(C)C. The molecular weight excluding hydrogens is 348 g/mol. The summed E-state index contributed by atoms with van der Waals surface area (Å²) in [5.74, 6) is 2.75. The third kappa shape index (κ3) is 10.4. The summed E-state index contributed by atoms with van der Waals surface area (Å²) in [5, 5.41) is 0. The molecule has 0 saturated carbocycles. The lowest BCUT2D eigenvalue weighted by molar-refractivity contribution is -0.135. The first-order valence-corrected chi connectivity index (χ1v) is 13.6. The topological polar surface area (TPSA) is 26.3 Å². The summed E-state index contributed by atoms with van der Waals surface area (Å²) in [6, 6.07) is 0. The Morgan fingerprint density at radius 1 is 0.741 bits per heavy atom. The van der Waals surface area contributed by atoms with Gasteiger partial charge in [0, 0.05) is 12.8 Å². The van der Waals surface area contributed by atoms with E-state index < -0.39 is 8.32 Å². The van der Waals surface area contributed by atoms with E-state index in [9.17, 15) is 4.79 Å². The van der Waals surface area contributed by atoms with Gasteiger partial charge in [-0.25, -0.2) is 0 Å². The number of hydrogen-bond donors (Lipinski definition) is 0. The lowest BCUT2D eigenvalue weighted by atomic mass is 10.1. The number of rotatable bonds is 16. The van der Waals surface area contributed by atoms with E-state index >= 15 is 0 Å². The summed E-state index contributed by atoms with van der Waals surface area (Å²) < 4.78 is 6.21. The highest BCUT2D eigenvalue weighted by Crippen LogP contribution is 2.42. The van der Waals surface area contributed by atoms with Gasteiger partial charge in [-0.15, -0.1) is 12.3 Å². The van der Waals surface area contributed by atoms with Gasteiger partial charge in [-0.2, -0.15) is 0 Å². The summed E-state index contributed by atoms with van der Waals surface area (Å²) in [6.45, 7) is 13.4. The maximum atomic E-state index is 12.5. The van der Waals surface area contributed by atoms with Crippen LogP contribution in [0.4, 0.5) is 0 Å². The van der Waals surface area contributed by atoms with Crippen molar-refractivity contribution in [3.05, 3.63) is 0 Å². The molecule has 0 aromatic rings. The predicted molar refractivity (Wildman–Crippen MR) is 121 cm³/mol. The molecule has 0 rings (SSSR count). The van der Waals surface area contributed by atoms with Crippen LogP contribution >= 0.6 is 0 Å². The Kier molecular flexibility index (Phi) is 14.8. The molecule has 0 amide bonds. The van der Waals surface area contributed by atoms with Crippen molar-refractivity contribution in [1.29, 1.82) is 0 Å². The molecule has 27 heavy (non-hydrogen) atoms. The van der Waals surface area contributed by atoms with Crippen molar-refractivity contribution in [2.75, 3.05) is 0 Å². The summed E-state index contributed by atoms with van der Waals surface area (Å²) in [7, 11) is -2.05. The Hall–Kier alpha value is -0.753. The maximum Gasteiger partial charge on any atom is 0.292 e. The van der Waals surface area contributed by atoms with Crippen LogP contribution in [0.25, 0.3) is 0 Å². The van der Waals surface area contributed by atoms with Gasteiger partial charge in [0.15, 0.2) is 0 Å². The second kappa shape index (κ2) is 15.2. The molecule has 3 heteroatoms. The first-order chi connectivity index (χ1) is 12.8. The maximum absolute atomic E-state index is 12.5. The Morgan fingerprint density at radius 3 is 1.48 bits per heavy atom. The fourth-order valence-corrected chi connectivity index (χ4v) is 9.72. The normalized spacial score (nSPS) is 12.0. The van der Waals surface area contributed by atoms with Crippen LogP contribution in [0.3, 0.4) is 0 Å². The Labute approximate surface area is 171 Å². The molecule has 158 valence electrons. The van der Waals surface area contributed by atoms with Gasteiger partial charge >= 0.3 is 0 Å². The molecule has 0 spiro atoms. The summed E-state index contributed by atoms with van der Waals surface area (Å²) >= 11 is 0. The first-order valence-electron chi connectivity index (χ1n) is 11.4. The van der Waals surface area contributed by atoms with E-state index in [2.05, 4.69) is 47.5 Å². The highest BCUT2D eigenvalue weighted by molar-refractivity contribution is 6.78. The quantitative estimate of drug-likeness (QED) is 0.150. The summed E-state index contributed by atoms with van der Waals surface area (Å²) in [4.78, 5) is 12.5. The van der Waals surface area contributed by atoms with E-state index in [4.69, 9.17) is 10.8 Å².